The van der Waals surface area contributed by atoms with E-state index in [9.17, 15) is 4.79 Å². The predicted molar refractivity (Wildman–Crippen MR) is 60.5 cm³/mol. The third-order valence-corrected chi connectivity index (χ3v) is 2.57. The van der Waals surface area contributed by atoms with E-state index < -0.39 is 0 Å². The van der Waals surface area contributed by atoms with E-state index in [1.165, 1.54) is 13.2 Å². The number of nitrogens with two attached hydrogens (primary N) is 1. The molecule has 78 valence electrons. The Bertz CT molecular complexity index is 577. The van der Waals surface area contributed by atoms with Crippen molar-refractivity contribution in [3.05, 3.63) is 33.6 Å². The van der Waals surface area contributed by atoms with Crippen molar-refractivity contribution in [3.63, 3.8) is 0 Å². The van der Waals surface area contributed by atoms with Crippen molar-refractivity contribution in [2.24, 2.45) is 0 Å². The Morgan fingerprint density at radius 3 is 2.87 bits per heavy atom. The fraction of sp³-hybridized carbons (Fsp3) is 0.100. The van der Waals surface area contributed by atoms with E-state index >= 15 is 0 Å². The average Bonchev–Trinajstić information content (AvgIpc) is 2.23. The number of hydrogen-bond donors (Lipinski definition) is 2. The van der Waals surface area contributed by atoms with Crippen LogP contribution < -0.4 is 16.0 Å². The van der Waals surface area contributed by atoms with Crippen LogP contribution in [0.2, 0.25) is 5.02 Å². The molecule has 0 atom stereocenters. The third kappa shape index (κ3) is 1.53. The maximum Gasteiger partial charge on any atom is 0.248 e. The molecule has 4 nitrogen and oxygen atoms in total. The normalized spacial score (nSPS) is 10.5. The van der Waals surface area contributed by atoms with Gasteiger partial charge in [0.25, 0.3) is 0 Å². The molecule has 3 N–H and O–H groups in total. The molecule has 0 aliphatic rings. The summed E-state index contributed by atoms with van der Waals surface area (Å²) in [4.78, 5) is 13.8. The number of aromatic amines is 1. The lowest BCUT2D eigenvalue weighted by Gasteiger charge is -2.08. The van der Waals surface area contributed by atoms with Gasteiger partial charge in [0.15, 0.2) is 0 Å². The standard InChI is InChI=1S/C10H9ClN2O2/c1-15-7-4-6(12)9(11)10-5(7)2-3-8(14)13-10/h2-4H,12H2,1H3,(H,13,14). The predicted octanol–water partition coefficient (Wildman–Crippen LogP) is 1.77. The van der Waals surface area contributed by atoms with Crippen LogP contribution in [-0.4, -0.2) is 12.1 Å². The zero-order chi connectivity index (χ0) is 11.0. The quantitative estimate of drug-likeness (QED) is 0.726. The SMILES string of the molecule is COc1cc(N)c(Cl)c2[nH]c(=O)ccc12. The summed E-state index contributed by atoms with van der Waals surface area (Å²) in [6.45, 7) is 0. The van der Waals surface area contributed by atoms with Gasteiger partial charge in [0.1, 0.15) is 5.75 Å². The Kier molecular flexibility index (Phi) is 2.28. The Morgan fingerprint density at radius 2 is 2.20 bits per heavy atom. The van der Waals surface area contributed by atoms with Crippen molar-refractivity contribution in [1.82, 2.24) is 4.98 Å². The van der Waals surface area contributed by atoms with Gasteiger partial charge in [-0.1, -0.05) is 11.6 Å². The highest BCUT2D eigenvalue weighted by Crippen LogP contribution is 2.33. The summed E-state index contributed by atoms with van der Waals surface area (Å²) in [7, 11) is 1.53. The second-order valence-electron chi connectivity index (χ2n) is 3.09. The molecule has 2 rings (SSSR count). The van der Waals surface area contributed by atoms with Crippen LogP contribution in [0.1, 0.15) is 0 Å². The van der Waals surface area contributed by atoms with Crippen molar-refractivity contribution in [3.8, 4) is 5.75 Å². The number of fused-ring (bicyclic) bond motifs is 1. The van der Waals surface area contributed by atoms with Gasteiger partial charge in [-0.3, -0.25) is 4.79 Å². The zero-order valence-electron chi connectivity index (χ0n) is 8.00. The molecule has 0 aliphatic carbocycles. The highest BCUT2D eigenvalue weighted by Gasteiger charge is 2.09. The summed E-state index contributed by atoms with van der Waals surface area (Å²) < 4.78 is 5.14. The number of ether oxygens (including phenoxy) is 1. The summed E-state index contributed by atoms with van der Waals surface area (Å²) in [6.07, 6.45) is 0. The van der Waals surface area contributed by atoms with Gasteiger partial charge in [0.2, 0.25) is 5.56 Å². The van der Waals surface area contributed by atoms with Gasteiger partial charge in [-0.15, -0.1) is 0 Å². The third-order valence-electron chi connectivity index (χ3n) is 2.16. The van der Waals surface area contributed by atoms with Crippen molar-refractivity contribution >= 4 is 28.2 Å². The smallest absolute Gasteiger partial charge is 0.248 e. The molecule has 15 heavy (non-hydrogen) atoms. The van der Waals surface area contributed by atoms with E-state index in [1.54, 1.807) is 12.1 Å². The molecule has 0 spiro atoms. The molecule has 0 fully saturated rings. The first-order chi connectivity index (χ1) is 7.13. The van der Waals surface area contributed by atoms with E-state index in [2.05, 4.69) is 4.98 Å². The molecule has 0 amide bonds. The van der Waals surface area contributed by atoms with Gasteiger partial charge < -0.3 is 15.5 Å². The van der Waals surface area contributed by atoms with Crippen molar-refractivity contribution in [1.29, 1.82) is 0 Å². The summed E-state index contributed by atoms with van der Waals surface area (Å²) >= 11 is 5.98. The first-order valence-electron chi connectivity index (χ1n) is 4.28. The number of halogens is 1. The summed E-state index contributed by atoms with van der Waals surface area (Å²) in [5.41, 5.74) is 6.33. The molecule has 2 aromatic rings. The number of pyridine rings is 1. The van der Waals surface area contributed by atoms with Gasteiger partial charge >= 0.3 is 0 Å². The van der Waals surface area contributed by atoms with Crippen molar-refractivity contribution < 1.29 is 4.74 Å². The maximum absolute atomic E-state index is 11.2. The van der Waals surface area contributed by atoms with Crippen LogP contribution in [0.5, 0.6) is 5.75 Å². The van der Waals surface area contributed by atoms with E-state index in [0.29, 0.717) is 22.0 Å². The lowest BCUT2D eigenvalue weighted by Crippen LogP contribution is -2.04. The minimum atomic E-state index is -0.225. The lowest BCUT2D eigenvalue weighted by molar-refractivity contribution is 0.420. The van der Waals surface area contributed by atoms with Crippen LogP contribution in [0.15, 0.2) is 23.0 Å². The van der Waals surface area contributed by atoms with Crippen molar-refractivity contribution in [2.45, 2.75) is 0 Å². The monoisotopic (exact) mass is 224 g/mol. The van der Waals surface area contributed by atoms with E-state index in [4.69, 9.17) is 22.1 Å². The Labute approximate surface area is 90.6 Å². The molecule has 1 aromatic carbocycles. The second kappa shape index (κ2) is 3.47. The number of hydrogen-bond acceptors (Lipinski definition) is 3. The van der Waals surface area contributed by atoms with Gasteiger partial charge in [-0.25, -0.2) is 0 Å². The van der Waals surface area contributed by atoms with Crippen LogP contribution in [0, 0.1) is 0 Å². The molecule has 0 unspecified atom stereocenters. The second-order valence-corrected chi connectivity index (χ2v) is 3.47. The highest BCUT2D eigenvalue weighted by atomic mass is 35.5. The van der Waals surface area contributed by atoms with Crippen LogP contribution in [0.25, 0.3) is 10.9 Å². The van der Waals surface area contributed by atoms with E-state index in [-0.39, 0.29) is 5.56 Å². The number of methoxy groups -OCH3 is 1. The van der Waals surface area contributed by atoms with Gasteiger partial charge in [-0.05, 0) is 6.07 Å². The molecule has 0 aliphatic heterocycles. The summed E-state index contributed by atoms with van der Waals surface area (Å²) in [6, 6.07) is 4.69. The number of benzene rings is 1. The Balaban J connectivity index is 2.96. The minimum Gasteiger partial charge on any atom is -0.496 e. The maximum atomic E-state index is 11.2. The highest BCUT2D eigenvalue weighted by molar-refractivity contribution is 6.37. The van der Waals surface area contributed by atoms with E-state index in [0.717, 1.165) is 5.39 Å². The molecular formula is C10H9ClN2O2. The van der Waals surface area contributed by atoms with Gasteiger partial charge in [0.05, 0.1) is 23.3 Å². The molecule has 0 saturated carbocycles. The first-order valence-corrected chi connectivity index (χ1v) is 4.66. The molecule has 0 saturated heterocycles. The number of H-pyrrole nitrogens is 1. The molecule has 1 aromatic heterocycles. The number of nitrogen functional groups attached to an aromatic ring is 1. The van der Waals surface area contributed by atoms with Crippen LogP contribution >= 0.6 is 11.6 Å². The Morgan fingerprint density at radius 1 is 1.47 bits per heavy atom. The zero-order valence-corrected chi connectivity index (χ0v) is 8.76. The topological polar surface area (TPSA) is 68.1 Å². The largest absolute Gasteiger partial charge is 0.496 e. The Hall–Kier alpha value is -1.68. The van der Waals surface area contributed by atoms with Crippen LogP contribution in [0.3, 0.4) is 0 Å². The fourth-order valence-corrected chi connectivity index (χ4v) is 1.65. The fourth-order valence-electron chi connectivity index (χ4n) is 1.45. The van der Waals surface area contributed by atoms with Gasteiger partial charge in [0, 0.05) is 17.5 Å². The number of nitrogens with one attached hydrogen (secondary N) is 1. The average molecular weight is 225 g/mol. The van der Waals surface area contributed by atoms with Gasteiger partial charge in [-0.2, -0.15) is 0 Å². The number of aromatic nitrogens is 1. The van der Waals surface area contributed by atoms with Crippen molar-refractivity contribution in [2.75, 3.05) is 12.8 Å². The molecule has 1 heterocycles. The first kappa shape index (κ1) is 9.86. The molecule has 0 radical (unpaired) electrons. The number of rotatable bonds is 1. The van der Waals surface area contributed by atoms with Crippen LogP contribution in [0.4, 0.5) is 5.69 Å². The summed E-state index contributed by atoms with van der Waals surface area (Å²) in [5.74, 6) is 0.586. The molecule has 5 heteroatoms. The minimum absolute atomic E-state index is 0.225. The lowest BCUT2D eigenvalue weighted by atomic mass is 10.2. The molecule has 0 bridgehead atoms. The number of anilines is 1. The van der Waals surface area contributed by atoms with Crippen LogP contribution in [-0.2, 0) is 0 Å². The summed E-state index contributed by atoms with van der Waals surface area (Å²) in [5, 5.41) is 1.07. The van der Waals surface area contributed by atoms with E-state index in [1.807, 2.05) is 0 Å². The molecular weight excluding hydrogens is 216 g/mol.